The van der Waals surface area contributed by atoms with Gasteiger partial charge in [-0.3, -0.25) is 10.1 Å². The fourth-order valence-corrected chi connectivity index (χ4v) is 1.88. The highest BCUT2D eigenvalue weighted by Crippen LogP contribution is 2.33. The van der Waals surface area contributed by atoms with Crippen LogP contribution in [-0.4, -0.2) is 16.4 Å². The van der Waals surface area contributed by atoms with Crippen LogP contribution in [0.2, 0.25) is 0 Å². The van der Waals surface area contributed by atoms with Gasteiger partial charge in [-0.15, -0.1) is 11.6 Å². The number of nitro benzene ring substituents is 1. The largest absolute Gasteiger partial charge is 0.483 e. The van der Waals surface area contributed by atoms with E-state index in [1.165, 1.54) is 6.07 Å². The number of benzene rings is 1. The van der Waals surface area contributed by atoms with Crippen molar-refractivity contribution in [1.82, 2.24) is 0 Å². The number of ether oxygens (including phenoxy) is 1. The third kappa shape index (κ3) is 2.21. The molecule has 1 saturated carbocycles. The Morgan fingerprint density at radius 3 is 2.67 bits per heavy atom. The molecule has 1 aliphatic carbocycles. The molecule has 1 aliphatic rings. The smallest absolute Gasteiger partial charge is 0.310 e. The zero-order chi connectivity index (χ0) is 10.8. The fourth-order valence-electron chi connectivity index (χ4n) is 1.48. The highest BCUT2D eigenvalue weighted by Gasteiger charge is 2.30. The van der Waals surface area contributed by atoms with Crippen molar-refractivity contribution in [1.29, 1.82) is 0 Å². The van der Waals surface area contributed by atoms with Gasteiger partial charge >= 0.3 is 5.69 Å². The monoisotopic (exact) mass is 227 g/mol. The molecule has 0 spiro atoms. The van der Waals surface area contributed by atoms with E-state index in [0.717, 1.165) is 12.8 Å². The summed E-state index contributed by atoms with van der Waals surface area (Å²) in [7, 11) is 0. The van der Waals surface area contributed by atoms with Gasteiger partial charge in [0.1, 0.15) is 6.10 Å². The van der Waals surface area contributed by atoms with Crippen molar-refractivity contribution < 1.29 is 9.66 Å². The van der Waals surface area contributed by atoms with Gasteiger partial charge in [0.25, 0.3) is 0 Å². The molecule has 0 atom stereocenters. The van der Waals surface area contributed by atoms with Crippen LogP contribution in [0.15, 0.2) is 24.3 Å². The van der Waals surface area contributed by atoms with E-state index in [9.17, 15) is 10.1 Å². The van der Waals surface area contributed by atoms with Crippen LogP contribution in [0.3, 0.4) is 0 Å². The van der Waals surface area contributed by atoms with Gasteiger partial charge in [-0.05, 0) is 6.07 Å². The minimum absolute atomic E-state index is 0.00974. The molecule has 1 aromatic rings. The Kier molecular flexibility index (Phi) is 2.77. The van der Waals surface area contributed by atoms with Gasteiger partial charge in [-0.25, -0.2) is 0 Å². The molecule has 0 N–H and O–H groups in total. The average Bonchev–Trinajstić information content (AvgIpc) is 2.16. The molecule has 0 unspecified atom stereocenters. The maximum atomic E-state index is 10.7. The number of nitro groups is 1. The summed E-state index contributed by atoms with van der Waals surface area (Å²) in [6.45, 7) is 0. The lowest BCUT2D eigenvalue weighted by atomic mass is 9.95. The predicted molar refractivity (Wildman–Crippen MR) is 56.4 cm³/mol. The summed E-state index contributed by atoms with van der Waals surface area (Å²) >= 11 is 5.80. The molecule has 0 heterocycles. The van der Waals surface area contributed by atoms with Crippen molar-refractivity contribution in [3.63, 3.8) is 0 Å². The van der Waals surface area contributed by atoms with E-state index in [0.29, 0.717) is 5.75 Å². The first-order valence-corrected chi connectivity index (χ1v) is 5.14. The molecule has 0 saturated heterocycles. The number of halogens is 1. The molecule has 0 amide bonds. The molecular weight excluding hydrogens is 218 g/mol. The van der Waals surface area contributed by atoms with Crippen LogP contribution in [0.1, 0.15) is 12.8 Å². The average molecular weight is 228 g/mol. The van der Waals surface area contributed by atoms with Crippen molar-refractivity contribution in [3.8, 4) is 5.75 Å². The lowest BCUT2D eigenvalue weighted by Gasteiger charge is -2.30. The number of para-hydroxylation sites is 2. The van der Waals surface area contributed by atoms with Crippen LogP contribution in [0, 0.1) is 10.1 Å². The lowest BCUT2D eigenvalue weighted by molar-refractivity contribution is -0.386. The van der Waals surface area contributed by atoms with Gasteiger partial charge in [-0.1, -0.05) is 12.1 Å². The molecule has 5 heteroatoms. The van der Waals surface area contributed by atoms with E-state index in [2.05, 4.69) is 0 Å². The van der Waals surface area contributed by atoms with E-state index in [4.69, 9.17) is 16.3 Å². The van der Waals surface area contributed by atoms with Gasteiger partial charge < -0.3 is 4.74 Å². The van der Waals surface area contributed by atoms with E-state index in [1.54, 1.807) is 18.2 Å². The topological polar surface area (TPSA) is 52.4 Å². The SMILES string of the molecule is O=[N+]([O-])c1ccccc1OC1CC(Cl)C1. The molecule has 0 aromatic heterocycles. The fraction of sp³-hybridized carbons (Fsp3) is 0.400. The first kappa shape index (κ1) is 10.2. The van der Waals surface area contributed by atoms with Crippen LogP contribution in [0.25, 0.3) is 0 Å². The summed E-state index contributed by atoms with van der Waals surface area (Å²) in [6, 6.07) is 6.39. The highest BCUT2D eigenvalue weighted by atomic mass is 35.5. The van der Waals surface area contributed by atoms with Gasteiger partial charge in [0, 0.05) is 24.3 Å². The standard InChI is InChI=1S/C10H10ClNO3/c11-7-5-8(6-7)15-10-4-2-1-3-9(10)12(13)14/h1-4,7-8H,5-6H2. The van der Waals surface area contributed by atoms with E-state index >= 15 is 0 Å². The molecule has 1 aromatic carbocycles. The molecule has 80 valence electrons. The van der Waals surface area contributed by atoms with Crippen molar-refractivity contribution in [2.45, 2.75) is 24.3 Å². The van der Waals surface area contributed by atoms with Crippen LogP contribution >= 0.6 is 11.6 Å². The summed E-state index contributed by atoms with van der Waals surface area (Å²) in [5.41, 5.74) is 0.00974. The van der Waals surface area contributed by atoms with Crippen LogP contribution < -0.4 is 4.74 Å². The quantitative estimate of drug-likeness (QED) is 0.453. The third-order valence-corrected chi connectivity index (χ3v) is 2.75. The van der Waals surface area contributed by atoms with Crippen molar-refractivity contribution in [2.24, 2.45) is 0 Å². The molecule has 2 rings (SSSR count). The van der Waals surface area contributed by atoms with Crippen LogP contribution in [0.4, 0.5) is 5.69 Å². The summed E-state index contributed by atoms with van der Waals surface area (Å²) < 4.78 is 5.49. The first-order valence-electron chi connectivity index (χ1n) is 4.71. The normalized spacial score (nSPS) is 24.3. The number of hydrogen-bond donors (Lipinski definition) is 0. The highest BCUT2D eigenvalue weighted by molar-refractivity contribution is 6.21. The number of nitrogens with zero attached hydrogens (tertiary/aromatic N) is 1. The third-order valence-electron chi connectivity index (χ3n) is 2.39. The molecule has 1 fully saturated rings. The molecule has 0 aliphatic heterocycles. The number of hydrogen-bond acceptors (Lipinski definition) is 3. The minimum Gasteiger partial charge on any atom is -0.483 e. The number of rotatable bonds is 3. The Morgan fingerprint density at radius 1 is 1.40 bits per heavy atom. The van der Waals surface area contributed by atoms with Crippen LogP contribution in [-0.2, 0) is 0 Å². The Hall–Kier alpha value is -1.29. The van der Waals surface area contributed by atoms with E-state index < -0.39 is 4.92 Å². The van der Waals surface area contributed by atoms with E-state index in [1.807, 2.05) is 0 Å². The second kappa shape index (κ2) is 4.06. The minimum atomic E-state index is -0.438. The second-order valence-electron chi connectivity index (χ2n) is 3.53. The lowest BCUT2D eigenvalue weighted by Crippen LogP contribution is -2.34. The van der Waals surface area contributed by atoms with E-state index in [-0.39, 0.29) is 17.2 Å². The van der Waals surface area contributed by atoms with Gasteiger partial charge in [0.05, 0.1) is 4.92 Å². The Labute approximate surface area is 92.0 Å². The predicted octanol–water partition coefficient (Wildman–Crippen LogP) is 2.74. The zero-order valence-electron chi connectivity index (χ0n) is 7.93. The number of alkyl halides is 1. The van der Waals surface area contributed by atoms with Crippen molar-refractivity contribution in [2.75, 3.05) is 0 Å². The molecule has 15 heavy (non-hydrogen) atoms. The summed E-state index contributed by atoms with van der Waals surface area (Å²) in [5, 5.41) is 10.8. The molecular formula is C10H10ClNO3. The Morgan fingerprint density at radius 2 is 2.07 bits per heavy atom. The first-order chi connectivity index (χ1) is 7.16. The zero-order valence-corrected chi connectivity index (χ0v) is 8.68. The summed E-state index contributed by atoms with van der Waals surface area (Å²) in [5.74, 6) is 0.330. The van der Waals surface area contributed by atoms with Gasteiger partial charge in [0.15, 0.2) is 5.75 Å². The van der Waals surface area contributed by atoms with Gasteiger partial charge in [-0.2, -0.15) is 0 Å². The molecule has 4 nitrogen and oxygen atoms in total. The van der Waals surface area contributed by atoms with Gasteiger partial charge in [0.2, 0.25) is 0 Å². The molecule has 0 bridgehead atoms. The van der Waals surface area contributed by atoms with Crippen LogP contribution in [0.5, 0.6) is 5.75 Å². The Bertz CT molecular complexity index is 377. The van der Waals surface area contributed by atoms with Crippen molar-refractivity contribution >= 4 is 17.3 Å². The molecule has 0 radical (unpaired) electrons. The summed E-state index contributed by atoms with van der Waals surface area (Å²) in [6.07, 6.45) is 1.54. The maximum absolute atomic E-state index is 10.7. The summed E-state index contributed by atoms with van der Waals surface area (Å²) in [4.78, 5) is 10.2. The second-order valence-corrected chi connectivity index (χ2v) is 4.15. The maximum Gasteiger partial charge on any atom is 0.310 e. The Balaban J connectivity index is 2.10. The van der Waals surface area contributed by atoms with Crippen molar-refractivity contribution in [3.05, 3.63) is 34.4 Å².